The van der Waals surface area contributed by atoms with Crippen molar-refractivity contribution < 1.29 is 36.6 Å². The fourth-order valence-electron chi connectivity index (χ4n) is 3.86. The fraction of sp³-hybridized carbons (Fsp3) is 0.333. The highest BCUT2D eigenvalue weighted by Gasteiger charge is 2.26. The number of benzene rings is 3. The molecular formula is C30H36FN3O7S. The number of carbonyl (C=O) groups excluding carboxylic acids is 2. The summed E-state index contributed by atoms with van der Waals surface area (Å²) in [5.74, 6) is -0.294. The first-order chi connectivity index (χ1) is 20.1. The standard InChI is InChI=1S/C30H36FN3O7S/c1-4-40-19-5-18-32-30(36)22(2)34(20-23-6-12-26(39-3)13-7-23)29(35)21-41-27-14-16-28(17-15-27)42(37,38)33-25-10-8-24(31)9-11-25/h6-17,22,33H,4-5,18-21H2,1-3H3,(H,32,36)/t22-/m0/s1. The van der Waals surface area contributed by atoms with E-state index in [0.29, 0.717) is 31.9 Å². The largest absolute Gasteiger partial charge is 0.497 e. The number of carbonyl (C=O) groups is 2. The van der Waals surface area contributed by atoms with E-state index < -0.39 is 27.8 Å². The van der Waals surface area contributed by atoms with E-state index in [-0.39, 0.29) is 35.4 Å². The van der Waals surface area contributed by atoms with E-state index in [2.05, 4.69) is 10.0 Å². The van der Waals surface area contributed by atoms with Gasteiger partial charge in [-0.25, -0.2) is 12.8 Å². The molecule has 0 spiro atoms. The van der Waals surface area contributed by atoms with Crippen molar-refractivity contribution in [3.05, 3.63) is 84.2 Å². The predicted molar refractivity (Wildman–Crippen MR) is 156 cm³/mol. The van der Waals surface area contributed by atoms with Crippen LogP contribution < -0.4 is 19.5 Å². The van der Waals surface area contributed by atoms with Crippen molar-refractivity contribution in [3.63, 3.8) is 0 Å². The van der Waals surface area contributed by atoms with Crippen LogP contribution in [0.15, 0.2) is 77.7 Å². The minimum absolute atomic E-state index is 0.0405. The Kier molecular flexibility index (Phi) is 12.1. The molecule has 0 heterocycles. The van der Waals surface area contributed by atoms with Gasteiger partial charge in [0.1, 0.15) is 23.4 Å². The predicted octanol–water partition coefficient (Wildman–Crippen LogP) is 3.97. The third kappa shape index (κ3) is 9.74. The Bertz CT molecular complexity index is 1400. The molecule has 0 aliphatic carbocycles. The van der Waals surface area contributed by atoms with Gasteiger partial charge in [0.2, 0.25) is 5.91 Å². The minimum Gasteiger partial charge on any atom is -0.497 e. The van der Waals surface area contributed by atoms with Crippen molar-refractivity contribution in [3.8, 4) is 11.5 Å². The van der Waals surface area contributed by atoms with Gasteiger partial charge >= 0.3 is 0 Å². The lowest BCUT2D eigenvalue weighted by atomic mass is 10.1. The zero-order chi connectivity index (χ0) is 30.5. The van der Waals surface area contributed by atoms with Gasteiger partial charge in [-0.3, -0.25) is 14.3 Å². The fourth-order valence-corrected chi connectivity index (χ4v) is 4.92. The quantitative estimate of drug-likeness (QED) is 0.238. The van der Waals surface area contributed by atoms with Crippen LogP contribution in [-0.2, 0) is 30.9 Å². The number of methoxy groups -OCH3 is 1. The van der Waals surface area contributed by atoms with E-state index in [1.807, 2.05) is 19.1 Å². The highest BCUT2D eigenvalue weighted by molar-refractivity contribution is 7.92. The molecule has 1 atom stereocenters. The highest BCUT2D eigenvalue weighted by Crippen LogP contribution is 2.20. The zero-order valence-corrected chi connectivity index (χ0v) is 24.7. The molecule has 0 bridgehead atoms. The summed E-state index contributed by atoms with van der Waals surface area (Å²) in [4.78, 5) is 27.6. The van der Waals surface area contributed by atoms with E-state index in [1.165, 1.54) is 41.3 Å². The van der Waals surface area contributed by atoms with Crippen molar-refractivity contribution in [2.45, 2.75) is 37.8 Å². The summed E-state index contributed by atoms with van der Waals surface area (Å²) in [5, 5.41) is 2.84. The molecule has 0 radical (unpaired) electrons. The molecular weight excluding hydrogens is 565 g/mol. The van der Waals surface area contributed by atoms with Crippen LogP contribution in [0.3, 0.4) is 0 Å². The third-order valence-electron chi connectivity index (χ3n) is 6.24. The number of rotatable bonds is 16. The van der Waals surface area contributed by atoms with Crippen LogP contribution in [0.4, 0.5) is 10.1 Å². The number of ether oxygens (including phenoxy) is 3. The van der Waals surface area contributed by atoms with Crippen LogP contribution in [0.5, 0.6) is 11.5 Å². The lowest BCUT2D eigenvalue weighted by molar-refractivity contribution is -0.142. The van der Waals surface area contributed by atoms with Crippen LogP contribution in [0, 0.1) is 5.82 Å². The molecule has 12 heteroatoms. The molecule has 2 amide bonds. The molecule has 0 aliphatic rings. The Morgan fingerprint density at radius 3 is 2.21 bits per heavy atom. The van der Waals surface area contributed by atoms with Crippen LogP contribution in [0.2, 0.25) is 0 Å². The van der Waals surface area contributed by atoms with Crippen LogP contribution in [-0.4, -0.2) is 64.6 Å². The first-order valence-corrected chi connectivity index (χ1v) is 14.9. The lowest BCUT2D eigenvalue weighted by Crippen LogP contribution is -2.49. The van der Waals surface area contributed by atoms with Crippen molar-refractivity contribution >= 4 is 27.5 Å². The molecule has 0 saturated carbocycles. The maximum absolute atomic E-state index is 13.3. The van der Waals surface area contributed by atoms with Crippen LogP contribution in [0.25, 0.3) is 0 Å². The highest BCUT2D eigenvalue weighted by atomic mass is 32.2. The number of amides is 2. The van der Waals surface area contributed by atoms with Gasteiger partial charge in [-0.1, -0.05) is 12.1 Å². The zero-order valence-electron chi connectivity index (χ0n) is 23.8. The molecule has 10 nitrogen and oxygen atoms in total. The van der Waals surface area contributed by atoms with Gasteiger partial charge in [0, 0.05) is 32.0 Å². The van der Waals surface area contributed by atoms with E-state index in [9.17, 15) is 22.4 Å². The molecule has 0 unspecified atom stereocenters. The van der Waals surface area contributed by atoms with Gasteiger partial charge < -0.3 is 24.4 Å². The first-order valence-electron chi connectivity index (χ1n) is 13.4. The van der Waals surface area contributed by atoms with E-state index in [1.54, 1.807) is 26.2 Å². The maximum atomic E-state index is 13.3. The van der Waals surface area contributed by atoms with E-state index in [4.69, 9.17) is 14.2 Å². The third-order valence-corrected chi connectivity index (χ3v) is 7.64. The Hall–Kier alpha value is -4.16. The molecule has 3 aromatic rings. The maximum Gasteiger partial charge on any atom is 0.261 e. The summed E-state index contributed by atoms with van der Waals surface area (Å²) >= 11 is 0. The van der Waals surface area contributed by atoms with Crippen molar-refractivity contribution in [2.24, 2.45) is 0 Å². The second-order valence-electron chi connectivity index (χ2n) is 9.26. The SMILES string of the molecule is CCOCCCNC(=O)[C@H](C)N(Cc1ccc(OC)cc1)C(=O)COc1ccc(S(=O)(=O)Nc2ccc(F)cc2)cc1. The molecule has 0 fully saturated rings. The van der Waals surface area contributed by atoms with Crippen molar-refractivity contribution in [1.29, 1.82) is 0 Å². The van der Waals surface area contributed by atoms with E-state index >= 15 is 0 Å². The average Bonchev–Trinajstić information content (AvgIpc) is 2.99. The molecule has 2 N–H and O–H groups in total. The molecule has 3 rings (SSSR count). The smallest absolute Gasteiger partial charge is 0.261 e. The van der Waals surface area contributed by atoms with Crippen LogP contribution >= 0.6 is 0 Å². The molecule has 42 heavy (non-hydrogen) atoms. The van der Waals surface area contributed by atoms with E-state index in [0.717, 1.165) is 17.7 Å². The molecule has 0 saturated heterocycles. The first kappa shape index (κ1) is 32.4. The lowest BCUT2D eigenvalue weighted by Gasteiger charge is -2.29. The topological polar surface area (TPSA) is 123 Å². The van der Waals surface area contributed by atoms with Crippen molar-refractivity contribution in [2.75, 3.05) is 38.2 Å². The summed E-state index contributed by atoms with van der Waals surface area (Å²) in [7, 11) is -2.37. The summed E-state index contributed by atoms with van der Waals surface area (Å²) < 4.78 is 57.0. The van der Waals surface area contributed by atoms with Gasteiger partial charge in [0.05, 0.1) is 12.0 Å². The summed E-state index contributed by atoms with van der Waals surface area (Å²) in [6.07, 6.45) is 0.646. The molecule has 226 valence electrons. The van der Waals surface area contributed by atoms with Crippen LogP contribution in [0.1, 0.15) is 25.8 Å². The number of halogens is 1. The van der Waals surface area contributed by atoms with Crippen molar-refractivity contribution in [1.82, 2.24) is 10.2 Å². The number of nitrogens with one attached hydrogen (secondary N) is 2. The Labute approximate surface area is 245 Å². The second-order valence-corrected chi connectivity index (χ2v) is 10.9. The Balaban J connectivity index is 1.65. The van der Waals surface area contributed by atoms with Gasteiger partial charge in [0.15, 0.2) is 6.61 Å². The average molecular weight is 602 g/mol. The minimum atomic E-state index is -3.93. The molecule has 0 aliphatic heterocycles. The molecule has 0 aromatic heterocycles. The molecule has 3 aromatic carbocycles. The summed E-state index contributed by atoms with van der Waals surface area (Å²) in [6.45, 7) is 4.86. The Morgan fingerprint density at radius 2 is 1.60 bits per heavy atom. The summed E-state index contributed by atoms with van der Waals surface area (Å²) in [5.41, 5.74) is 1.01. The number of sulfonamides is 1. The second kappa shape index (κ2) is 15.7. The van der Waals surface area contributed by atoms with Gasteiger partial charge in [-0.05, 0) is 86.5 Å². The normalized spacial score (nSPS) is 11.8. The number of hydrogen-bond acceptors (Lipinski definition) is 7. The number of nitrogens with zero attached hydrogens (tertiary/aromatic N) is 1. The Morgan fingerprint density at radius 1 is 0.952 bits per heavy atom. The van der Waals surface area contributed by atoms with Gasteiger partial charge in [-0.15, -0.1) is 0 Å². The van der Waals surface area contributed by atoms with Gasteiger partial charge in [0.25, 0.3) is 15.9 Å². The monoisotopic (exact) mass is 601 g/mol. The summed E-state index contributed by atoms with van der Waals surface area (Å²) in [6, 6.07) is 16.8. The number of hydrogen-bond donors (Lipinski definition) is 2. The van der Waals surface area contributed by atoms with Gasteiger partial charge in [-0.2, -0.15) is 0 Å². The number of anilines is 1.